The van der Waals surface area contributed by atoms with Crippen LogP contribution in [-0.4, -0.2) is 31.6 Å². The van der Waals surface area contributed by atoms with Gasteiger partial charge in [0.05, 0.1) is 12.3 Å². The number of nitrogens with zero attached hydrogens (tertiary/aromatic N) is 1. The SMILES string of the molecule is CCOc1ccc(C(=O)NC2CCN(c3ccccc3F)CC2)o1. The Balaban J connectivity index is 1.53. The van der Waals surface area contributed by atoms with E-state index in [-0.39, 0.29) is 23.5 Å². The zero-order valence-corrected chi connectivity index (χ0v) is 13.6. The first-order valence-electron chi connectivity index (χ1n) is 8.20. The Hall–Kier alpha value is -2.50. The van der Waals surface area contributed by atoms with E-state index in [0.29, 0.717) is 31.3 Å². The molecule has 0 saturated carbocycles. The van der Waals surface area contributed by atoms with E-state index in [0.717, 1.165) is 12.8 Å². The minimum absolute atomic E-state index is 0.0566. The van der Waals surface area contributed by atoms with Gasteiger partial charge in [0.2, 0.25) is 0 Å². The lowest BCUT2D eigenvalue weighted by Crippen LogP contribution is -2.44. The van der Waals surface area contributed by atoms with Crippen molar-refractivity contribution in [2.24, 2.45) is 0 Å². The molecule has 1 amide bonds. The number of hydrogen-bond donors (Lipinski definition) is 1. The van der Waals surface area contributed by atoms with Gasteiger partial charge in [-0.3, -0.25) is 4.79 Å². The molecule has 0 atom stereocenters. The van der Waals surface area contributed by atoms with E-state index in [4.69, 9.17) is 9.15 Å². The molecule has 1 aliphatic rings. The monoisotopic (exact) mass is 332 g/mol. The number of benzene rings is 1. The van der Waals surface area contributed by atoms with E-state index < -0.39 is 0 Å². The highest BCUT2D eigenvalue weighted by molar-refractivity contribution is 5.91. The molecule has 5 nitrogen and oxygen atoms in total. The highest BCUT2D eigenvalue weighted by atomic mass is 19.1. The summed E-state index contributed by atoms with van der Waals surface area (Å²) in [5.41, 5.74) is 0.620. The van der Waals surface area contributed by atoms with Gasteiger partial charge in [0, 0.05) is 25.2 Å². The zero-order valence-electron chi connectivity index (χ0n) is 13.6. The molecule has 128 valence electrons. The molecule has 6 heteroatoms. The molecular weight excluding hydrogens is 311 g/mol. The number of rotatable bonds is 5. The predicted octanol–water partition coefficient (Wildman–Crippen LogP) is 3.22. The van der Waals surface area contributed by atoms with Crippen LogP contribution in [0.4, 0.5) is 10.1 Å². The first-order valence-corrected chi connectivity index (χ1v) is 8.20. The largest absolute Gasteiger partial charge is 0.465 e. The lowest BCUT2D eigenvalue weighted by Gasteiger charge is -2.33. The maximum absolute atomic E-state index is 13.8. The highest BCUT2D eigenvalue weighted by Gasteiger charge is 2.23. The first kappa shape index (κ1) is 16.4. The maximum atomic E-state index is 13.8. The molecule has 0 bridgehead atoms. The minimum Gasteiger partial charge on any atom is -0.465 e. The van der Waals surface area contributed by atoms with Crippen LogP contribution in [0.1, 0.15) is 30.3 Å². The standard InChI is InChI=1S/C18H21FN2O3/c1-2-23-17-8-7-16(24-17)18(22)20-13-9-11-21(12-10-13)15-6-4-3-5-14(15)19/h3-8,13H,2,9-12H2,1H3,(H,20,22). The van der Waals surface area contributed by atoms with Crippen molar-refractivity contribution in [3.63, 3.8) is 0 Å². The fraction of sp³-hybridized carbons (Fsp3) is 0.389. The molecule has 2 aromatic rings. The third kappa shape index (κ3) is 3.69. The maximum Gasteiger partial charge on any atom is 0.287 e. The Morgan fingerprint density at radius 2 is 2.04 bits per heavy atom. The summed E-state index contributed by atoms with van der Waals surface area (Å²) in [6, 6.07) is 10.1. The second-order valence-electron chi connectivity index (χ2n) is 5.74. The lowest BCUT2D eigenvalue weighted by molar-refractivity contribution is 0.0894. The first-order chi connectivity index (χ1) is 11.7. The number of nitrogens with one attached hydrogen (secondary N) is 1. The van der Waals surface area contributed by atoms with Crippen LogP contribution in [0, 0.1) is 5.82 Å². The fourth-order valence-corrected chi connectivity index (χ4v) is 2.89. The van der Waals surface area contributed by atoms with Crippen molar-refractivity contribution in [2.45, 2.75) is 25.8 Å². The number of amides is 1. The third-order valence-electron chi connectivity index (χ3n) is 4.12. The quantitative estimate of drug-likeness (QED) is 0.913. The van der Waals surface area contributed by atoms with E-state index in [1.54, 1.807) is 24.3 Å². The fourth-order valence-electron chi connectivity index (χ4n) is 2.89. The van der Waals surface area contributed by atoms with Crippen LogP contribution in [-0.2, 0) is 0 Å². The van der Waals surface area contributed by atoms with Gasteiger partial charge in [-0.15, -0.1) is 0 Å². The second kappa shape index (κ2) is 7.38. The smallest absolute Gasteiger partial charge is 0.287 e. The molecule has 0 spiro atoms. The van der Waals surface area contributed by atoms with Crippen molar-refractivity contribution in [1.82, 2.24) is 5.32 Å². The number of carbonyl (C=O) groups excluding carboxylic acids is 1. The van der Waals surface area contributed by atoms with Crippen molar-refractivity contribution in [2.75, 3.05) is 24.6 Å². The van der Waals surface area contributed by atoms with Gasteiger partial charge in [0.15, 0.2) is 5.76 Å². The molecule has 1 fully saturated rings. The number of anilines is 1. The van der Waals surface area contributed by atoms with Gasteiger partial charge >= 0.3 is 0 Å². The summed E-state index contributed by atoms with van der Waals surface area (Å²) in [6.07, 6.45) is 1.53. The van der Waals surface area contributed by atoms with E-state index in [2.05, 4.69) is 5.32 Å². The molecule has 0 radical (unpaired) electrons. The Labute approximate surface area is 140 Å². The summed E-state index contributed by atoms with van der Waals surface area (Å²) in [4.78, 5) is 14.2. The van der Waals surface area contributed by atoms with Gasteiger partial charge in [0.25, 0.3) is 11.9 Å². The van der Waals surface area contributed by atoms with Crippen molar-refractivity contribution < 1.29 is 18.3 Å². The Bertz CT molecular complexity index is 693. The zero-order chi connectivity index (χ0) is 16.9. The van der Waals surface area contributed by atoms with Crippen molar-refractivity contribution in [1.29, 1.82) is 0 Å². The van der Waals surface area contributed by atoms with Crippen molar-refractivity contribution in [3.05, 3.63) is 48.0 Å². The normalized spacial score (nSPS) is 15.3. The molecule has 0 unspecified atom stereocenters. The van der Waals surface area contributed by atoms with Crippen LogP contribution in [0.15, 0.2) is 40.8 Å². The van der Waals surface area contributed by atoms with Gasteiger partial charge in [-0.1, -0.05) is 12.1 Å². The van der Waals surface area contributed by atoms with E-state index in [9.17, 15) is 9.18 Å². The number of hydrogen-bond acceptors (Lipinski definition) is 4. The summed E-state index contributed by atoms with van der Waals surface area (Å²) in [5.74, 6) is 0.135. The molecule has 0 aliphatic carbocycles. The number of para-hydroxylation sites is 1. The Morgan fingerprint density at radius 3 is 2.75 bits per heavy atom. The van der Waals surface area contributed by atoms with Gasteiger partial charge < -0.3 is 19.4 Å². The number of furan rings is 1. The van der Waals surface area contributed by atoms with Gasteiger partial charge in [-0.25, -0.2) is 4.39 Å². The molecule has 1 saturated heterocycles. The summed E-state index contributed by atoms with van der Waals surface area (Å²) >= 11 is 0. The van der Waals surface area contributed by atoms with Gasteiger partial charge in [-0.2, -0.15) is 0 Å². The number of piperidine rings is 1. The molecule has 2 heterocycles. The third-order valence-corrected chi connectivity index (χ3v) is 4.12. The topological polar surface area (TPSA) is 54.7 Å². The molecular formula is C18H21FN2O3. The molecule has 1 aliphatic heterocycles. The van der Waals surface area contributed by atoms with Crippen LogP contribution >= 0.6 is 0 Å². The van der Waals surface area contributed by atoms with Crippen LogP contribution in [0.5, 0.6) is 5.95 Å². The van der Waals surface area contributed by atoms with E-state index in [1.165, 1.54) is 6.07 Å². The van der Waals surface area contributed by atoms with E-state index in [1.807, 2.05) is 17.9 Å². The van der Waals surface area contributed by atoms with Gasteiger partial charge in [-0.05, 0) is 38.0 Å². The van der Waals surface area contributed by atoms with Crippen LogP contribution in [0.2, 0.25) is 0 Å². The van der Waals surface area contributed by atoms with Crippen LogP contribution in [0.3, 0.4) is 0 Å². The minimum atomic E-state index is -0.245. The van der Waals surface area contributed by atoms with Crippen LogP contribution < -0.4 is 15.0 Å². The number of carbonyl (C=O) groups is 1. The predicted molar refractivity (Wildman–Crippen MR) is 89.0 cm³/mol. The summed E-state index contributed by atoms with van der Waals surface area (Å²) in [6.45, 7) is 3.75. The van der Waals surface area contributed by atoms with Crippen molar-refractivity contribution in [3.8, 4) is 5.95 Å². The van der Waals surface area contributed by atoms with Crippen molar-refractivity contribution >= 4 is 11.6 Å². The summed E-state index contributed by atoms with van der Waals surface area (Å²) < 4.78 is 24.4. The average Bonchev–Trinajstić information content (AvgIpc) is 3.05. The molecule has 1 aromatic carbocycles. The van der Waals surface area contributed by atoms with Crippen LogP contribution in [0.25, 0.3) is 0 Å². The Morgan fingerprint density at radius 1 is 1.29 bits per heavy atom. The highest BCUT2D eigenvalue weighted by Crippen LogP contribution is 2.23. The molecule has 3 rings (SSSR count). The summed E-state index contributed by atoms with van der Waals surface area (Å²) in [7, 11) is 0. The Kier molecular flexibility index (Phi) is 5.03. The lowest BCUT2D eigenvalue weighted by atomic mass is 10.0. The number of halogens is 1. The van der Waals surface area contributed by atoms with Gasteiger partial charge in [0.1, 0.15) is 5.82 Å². The summed E-state index contributed by atoms with van der Waals surface area (Å²) in [5, 5.41) is 2.97. The average molecular weight is 332 g/mol. The second-order valence-corrected chi connectivity index (χ2v) is 5.74. The number of ether oxygens (including phenoxy) is 1. The molecule has 1 N–H and O–H groups in total. The molecule has 1 aromatic heterocycles. The molecule has 24 heavy (non-hydrogen) atoms. The van der Waals surface area contributed by atoms with E-state index >= 15 is 0 Å².